The molecule has 0 aliphatic rings. The van der Waals surface area contributed by atoms with E-state index < -0.39 is 11.6 Å². The molecule has 3 aromatic rings. The van der Waals surface area contributed by atoms with Crippen molar-refractivity contribution in [3.63, 3.8) is 0 Å². The molecule has 0 spiro atoms. The van der Waals surface area contributed by atoms with Crippen LogP contribution in [0.15, 0.2) is 57.8 Å². The standard InChI is InChI=1S/C23H21BrF2N2O4/c1-14-10-20(32-13-17-6-7-18(25)11-19(17)26)21(24)23(31)28(14)12-15-2-4-16(5-3-15)22(30)27-8-9-29/h2-7,10-11,29H,8-9,12-13H2,1H3,(H,27,30). The predicted molar refractivity (Wildman–Crippen MR) is 119 cm³/mol. The minimum atomic E-state index is -0.723. The second-order valence-corrected chi connectivity index (χ2v) is 7.85. The van der Waals surface area contributed by atoms with E-state index in [-0.39, 0.29) is 53.6 Å². The lowest BCUT2D eigenvalue weighted by molar-refractivity contribution is 0.0944. The van der Waals surface area contributed by atoms with Gasteiger partial charge in [0, 0.05) is 35.5 Å². The molecule has 0 saturated carbocycles. The van der Waals surface area contributed by atoms with Crippen LogP contribution in [-0.4, -0.2) is 28.7 Å². The second kappa shape index (κ2) is 10.5. The minimum Gasteiger partial charge on any atom is -0.487 e. The van der Waals surface area contributed by atoms with Gasteiger partial charge in [-0.1, -0.05) is 12.1 Å². The van der Waals surface area contributed by atoms with Crippen LogP contribution in [0.25, 0.3) is 0 Å². The van der Waals surface area contributed by atoms with Crippen LogP contribution in [0, 0.1) is 18.6 Å². The summed E-state index contributed by atoms with van der Waals surface area (Å²) in [6.45, 7) is 1.89. The smallest absolute Gasteiger partial charge is 0.269 e. The van der Waals surface area contributed by atoms with Crippen molar-refractivity contribution >= 4 is 21.8 Å². The van der Waals surface area contributed by atoms with Crippen LogP contribution in [0.2, 0.25) is 0 Å². The molecular formula is C23H21BrF2N2O4. The van der Waals surface area contributed by atoms with Gasteiger partial charge in [-0.3, -0.25) is 9.59 Å². The first kappa shape index (κ1) is 23.6. The van der Waals surface area contributed by atoms with Gasteiger partial charge in [0.1, 0.15) is 28.5 Å². The maximum absolute atomic E-state index is 13.8. The number of aryl methyl sites for hydroxylation is 1. The summed E-state index contributed by atoms with van der Waals surface area (Å²) in [6, 6.07) is 11.6. The Balaban J connectivity index is 1.75. The number of ether oxygens (including phenoxy) is 1. The first-order valence-corrected chi connectivity index (χ1v) is 10.5. The van der Waals surface area contributed by atoms with Gasteiger partial charge in [0.25, 0.3) is 11.5 Å². The largest absolute Gasteiger partial charge is 0.487 e. The highest BCUT2D eigenvalue weighted by atomic mass is 79.9. The van der Waals surface area contributed by atoms with Crippen LogP contribution >= 0.6 is 15.9 Å². The van der Waals surface area contributed by atoms with Crippen LogP contribution in [0.3, 0.4) is 0 Å². The first-order chi connectivity index (χ1) is 15.3. The SMILES string of the molecule is Cc1cc(OCc2ccc(F)cc2F)c(Br)c(=O)n1Cc1ccc(C(=O)NCCO)cc1. The fourth-order valence-electron chi connectivity index (χ4n) is 3.03. The molecule has 2 aromatic carbocycles. The highest BCUT2D eigenvalue weighted by Gasteiger charge is 2.14. The molecule has 3 rings (SSSR count). The quantitative estimate of drug-likeness (QED) is 0.489. The summed E-state index contributed by atoms with van der Waals surface area (Å²) >= 11 is 3.25. The highest BCUT2D eigenvalue weighted by Crippen LogP contribution is 2.24. The third-order valence-electron chi connectivity index (χ3n) is 4.77. The normalized spacial score (nSPS) is 10.8. The lowest BCUT2D eigenvalue weighted by atomic mass is 10.1. The number of halogens is 3. The van der Waals surface area contributed by atoms with Gasteiger partial charge in [0.05, 0.1) is 13.2 Å². The van der Waals surface area contributed by atoms with Gasteiger partial charge in [0.2, 0.25) is 0 Å². The molecular weight excluding hydrogens is 486 g/mol. The fraction of sp³-hybridized carbons (Fsp3) is 0.217. The zero-order chi connectivity index (χ0) is 23.3. The molecule has 0 fully saturated rings. The number of aromatic nitrogens is 1. The number of hydrogen-bond acceptors (Lipinski definition) is 4. The summed E-state index contributed by atoms with van der Waals surface area (Å²) in [7, 11) is 0. The van der Waals surface area contributed by atoms with E-state index in [4.69, 9.17) is 9.84 Å². The second-order valence-electron chi connectivity index (χ2n) is 7.06. The molecule has 0 saturated heterocycles. The van der Waals surface area contributed by atoms with Gasteiger partial charge in [-0.15, -0.1) is 0 Å². The Kier molecular flexibility index (Phi) is 7.76. The molecule has 6 nitrogen and oxygen atoms in total. The maximum atomic E-state index is 13.8. The van der Waals surface area contributed by atoms with Gasteiger partial charge in [-0.2, -0.15) is 0 Å². The summed E-state index contributed by atoms with van der Waals surface area (Å²) in [6.07, 6.45) is 0. The van der Waals surface area contributed by atoms with Crippen LogP contribution in [-0.2, 0) is 13.2 Å². The molecule has 2 N–H and O–H groups in total. The van der Waals surface area contributed by atoms with E-state index in [1.54, 1.807) is 37.3 Å². The zero-order valence-corrected chi connectivity index (χ0v) is 18.8. The maximum Gasteiger partial charge on any atom is 0.269 e. The van der Waals surface area contributed by atoms with E-state index in [2.05, 4.69) is 21.2 Å². The number of benzene rings is 2. The molecule has 0 radical (unpaired) electrons. The van der Waals surface area contributed by atoms with E-state index in [0.29, 0.717) is 11.3 Å². The molecule has 1 amide bonds. The highest BCUT2D eigenvalue weighted by molar-refractivity contribution is 9.10. The van der Waals surface area contributed by atoms with E-state index in [9.17, 15) is 18.4 Å². The third-order valence-corrected chi connectivity index (χ3v) is 5.50. The average molecular weight is 507 g/mol. The molecule has 0 bridgehead atoms. The number of carbonyl (C=O) groups is 1. The monoisotopic (exact) mass is 506 g/mol. The van der Waals surface area contributed by atoms with Crippen molar-refractivity contribution in [2.75, 3.05) is 13.2 Å². The summed E-state index contributed by atoms with van der Waals surface area (Å²) in [5.74, 6) is -1.44. The molecule has 32 heavy (non-hydrogen) atoms. The Labute approximate surface area is 191 Å². The van der Waals surface area contributed by atoms with Crippen LogP contribution in [0.1, 0.15) is 27.2 Å². The summed E-state index contributed by atoms with van der Waals surface area (Å²) < 4.78 is 34.2. The molecule has 0 atom stereocenters. The van der Waals surface area contributed by atoms with Crippen molar-refractivity contribution in [3.05, 3.63) is 97.4 Å². The van der Waals surface area contributed by atoms with Gasteiger partial charge in [-0.25, -0.2) is 8.78 Å². The molecule has 168 valence electrons. The number of aliphatic hydroxyl groups is 1. The summed E-state index contributed by atoms with van der Waals surface area (Å²) in [5.41, 5.74) is 1.72. The van der Waals surface area contributed by atoms with Crippen molar-refractivity contribution < 1.29 is 23.4 Å². The van der Waals surface area contributed by atoms with Crippen molar-refractivity contribution in [2.24, 2.45) is 0 Å². The van der Waals surface area contributed by atoms with Crippen LogP contribution in [0.4, 0.5) is 8.78 Å². The van der Waals surface area contributed by atoms with E-state index >= 15 is 0 Å². The molecule has 0 aliphatic carbocycles. The van der Waals surface area contributed by atoms with Crippen molar-refractivity contribution in [2.45, 2.75) is 20.1 Å². The number of nitrogens with zero attached hydrogens (tertiary/aromatic N) is 1. The Bertz CT molecular complexity index is 1180. The molecule has 1 heterocycles. The zero-order valence-electron chi connectivity index (χ0n) is 17.2. The number of rotatable bonds is 8. The number of hydrogen-bond donors (Lipinski definition) is 2. The first-order valence-electron chi connectivity index (χ1n) is 9.75. The summed E-state index contributed by atoms with van der Waals surface area (Å²) in [5, 5.41) is 11.4. The van der Waals surface area contributed by atoms with Gasteiger partial charge in [0.15, 0.2) is 0 Å². The molecule has 0 unspecified atom stereocenters. The average Bonchev–Trinajstić information content (AvgIpc) is 2.78. The lowest BCUT2D eigenvalue weighted by Gasteiger charge is -2.15. The number of carbonyl (C=O) groups excluding carboxylic acids is 1. The number of aliphatic hydroxyl groups excluding tert-OH is 1. The Hall–Kier alpha value is -3.04. The molecule has 1 aromatic heterocycles. The lowest BCUT2D eigenvalue weighted by Crippen LogP contribution is -2.26. The van der Waals surface area contributed by atoms with Crippen LogP contribution in [0.5, 0.6) is 5.75 Å². The number of pyridine rings is 1. The third kappa shape index (κ3) is 5.60. The van der Waals surface area contributed by atoms with Gasteiger partial charge >= 0.3 is 0 Å². The van der Waals surface area contributed by atoms with E-state index in [0.717, 1.165) is 17.7 Å². The predicted octanol–water partition coefficient (Wildman–Crippen LogP) is 3.55. The van der Waals surface area contributed by atoms with E-state index in [1.165, 1.54) is 10.6 Å². The fourth-order valence-corrected chi connectivity index (χ4v) is 3.47. The van der Waals surface area contributed by atoms with Crippen LogP contribution < -0.4 is 15.6 Å². The van der Waals surface area contributed by atoms with Gasteiger partial charge < -0.3 is 19.7 Å². The van der Waals surface area contributed by atoms with Crippen molar-refractivity contribution in [3.8, 4) is 5.75 Å². The Morgan fingerprint density at radius 3 is 2.53 bits per heavy atom. The Morgan fingerprint density at radius 1 is 1.16 bits per heavy atom. The molecule has 0 aliphatic heterocycles. The minimum absolute atomic E-state index is 0.139. The van der Waals surface area contributed by atoms with Gasteiger partial charge in [-0.05, 0) is 52.7 Å². The van der Waals surface area contributed by atoms with Crippen molar-refractivity contribution in [1.82, 2.24) is 9.88 Å². The Morgan fingerprint density at radius 2 is 1.88 bits per heavy atom. The van der Waals surface area contributed by atoms with E-state index in [1.807, 2.05) is 0 Å². The number of amides is 1. The number of nitrogens with one attached hydrogen (secondary N) is 1. The molecule has 9 heteroatoms. The summed E-state index contributed by atoms with van der Waals surface area (Å²) in [4.78, 5) is 24.8. The topological polar surface area (TPSA) is 80.6 Å². The van der Waals surface area contributed by atoms with Crippen molar-refractivity contribution in [1.29, 1.82) is 0 Å².